The Morgan fingerprint density at radius 2 is 1.75 bits per heavy atom. The zero-order valence-corrected chi connectivity index (χ0v) is 19.3. The van der Waals surface area contributed by atoms with Gasteiger partial charge in [-0.2, -0.15) is 0 Å². The van der Waals surface area contributed by atoms with Crippen molar-refractivity contribution >= 4 is 29.1 Å². The first-order valence-electron chi connectivity index (χ1n) is 10.9. The summed E-state index contributed by atoms with van der Waals surface area (Å²) >= 11 is 6.06. The SMILES string of the molecule is CCOc1ccccc1OC1CCN(CC(=O)N(C)CC(=O)Nc2ccccc2Cl)CC1. The second-order valence-electron chi connectivity index (χ2n) is 7.75. The third-order valence-electron chi connectivity index (χ3n) is 5.29. The highest BCUT2D eigenvalue weighted by Gasteiger charge is 2.24. The number of amides is 2. The third-order valence-corrected chi connectivity index (χ3v) is 5.62. The van der Waals surface area contributed by atoms with Crippen LogP contribution < -0.4 is 14.8 Å². The third kappa shape index (κ3) is 6.87. The van der Waals surface area contributed by atoms with E-state index in [-0.39, 0.29) is 31.0 Å². The van der Waals surface area contributed by atoms with E-state index in [4.69, 9.17) is 21.1 Å². The summed E-state index contributed by atoms with van der Waals surface area (Å²) in [5, 5.41) is 3.20. The van der Waals surface area contributed by atoms with Gasteiger partial charge in [-0.1, -0.05) is 35.9 Å². The maximum atomic E-state index is 12.6. The second-order valence-corrected chi connectivity index (χ2v) is 8.16. The van der Waals surface area contributed by atoms with Crippen molar-refractivity contribution in [1.82, 2.24) is 9.80 Å². The molecule has 1 aliphatic rings. The predicted molar refractivity (Wildman–Crippen MR) is 125 cm³/mol. The fourth-order valence-corrected chi connectivity index (χ4v) is 3.74. The number of anilines is 1. The molecule has 1 aliphatic heterocycles. The molecule has 0 atom stereocenters. The van der Waals surface area contributed by atoms with E-state index in [1.807, 2.05) is 31.2 Å². The number of hydrogen-bond donors (Lipinski definition) is 1. The van der Waals surface area contributed by atoms with Crippen LogP contribution in [0.4, 0.5) is 5.69 Å². The van der Waals surface area contributed by atoms with E-state index in [9.17, 15) is 9.59 Å². The number of likely N-dealkylation sites (N-methyl/N-ethyl adjacent to an activating group) is 1. The number of halogens is 1. The van der Waals surface area contributed by atoms with Crippen molar-refractivity contribution in [2.24, 2.45) is 0 Å². The predicted octanol–water partition coefficient (Wildman–Crippen LogP) is 3.68. The molecule has 7 nitrogen and oxygen atoms in total. The molecule has 0 aromatic heterocycles. The molecule has 0 bridgehead atoms. The van der Waals surface area contributed by atoms with Gasteiger partial charge in [0, 0.05) is 20.1 Å². The van der Waals surface area contributed by atoms with Crippen LogP contribution in [-0.4, -0.2) is 67.6 Å². The second kappa shape index (κ2) is 11.7. The fourth-order valence-electron chi connectivity index (χ4n) is 3.55. The Bertz CT molecular complexity index is 916. The first-order chi connectivity index (χ1) is 15.5. The van der Waals surface area contributed by atoms with Crippen molar-refractivity contribution < 1.29 is 19.1 Å². The van der Waals surface area contributed by atoms with Gasteiger partial charge in [-0.25, -0.2) is 0 Å². The Kier molecular flexibility index (Phi) is 8.76. The van der Waals surface area contributed by atoms with Crippen LogP contribution in [0.3, 0.4) is 0 Å². The summed E-state index contributed by atoms with van der Waals surface area (Å²) in [7, 11) is 1.63. The summed E-state index contributed by atoms with van der Waals surface area (Å²) in [4.78, 5) is 28.4. The zero-order chi connectivity index (χ0) is 22.9. The molecule has 0 spiro atoms. The van der Waals surface area contributed by atoms with E-state index < -0.39 is 0 Å². The van der Waals surface area contributed by atoms with Crippen molar-refractivity contribution in [3.8, 4) is 11.5 Å². The largest absolute Gasteiger partial charge is 0.490 e. The number of piperidine rings is 1. The summed E-state index contributed by atoms with van der Waals surface area (Å²) in [5.41, 5.74) is 0.535. The van der Waals surface area contributed by atoms with Crippen molar-refractivity contribution in [1.29, 1.82) is 0 Å². The number of carbonyl (C=O) groups excluding carboxylic acids is 2. The van der Waals surface area contributed by atoms with E-state index in [1.54, 1.807) is 31.3 Å². The molecule has 2 amide bonds. The van der Waals surface area contributed by atoms with Crippen LogP contribution in [0.25, 0.3) is 0 Å². The zero-order valence-electron chi connectivity index (χ0n) is 18.6. The summed E-state index contributed by atoms with van der Waals surface area (Å²) in [6, 6.07) is 14.7. The highest BCUT2D eigenvalue weighted by Crippen LogP contribution is 2.29. The highest BCUT2D eigenvalue weighted by atomic mass is 35.5. The Labute approximate surface area is 194 Å². The molecular weight excluding hydrogens is 430 g/mol. The maximum Gasteiger partial charge on any atom is 0.244 e. The lowest BCUT2D eigenvalue weighted by atomic mass is 10.1. The Morgan fingerprint density at radius 3 is 2.44 bits per heavy atom. The lowest BCUT2D eigenvalue weighted by Gasteiger charge is -2.32. The molecular formula is C24H30ClN3O4. The molecule has 2 aromatic rings. The molecule has 2 aromatic carbocycles. The average Bonchev–Trinajstić information content (AvgIpc) is 2.78. The number of likely N-dealkylation sites (tertiary alicyclic amines) is 1. The molecule has 0 saturated carbocycles. The normalized spacial score (nSPS) is 14.6. The molecule has 8 heteroatoms. The van der Waals surface area contributed by atoms with Gasteiger partial charge in [0.2, 0.25) is 11.8 Å². The van der Waals surface area contributed by atoms with Crippen LogP contribution in [0.1, 0.15) is 19.8 Å². The van der Waals surface area contributed by atoms with Gasteiger partial charge in [-0.3, -0.25) is 14.5 Å². The molecule has 1 heterocycles. The Morgan fingerprint density at radius 1 is 1.09 bits per heavy atom. The van der Waals surface area contributed by atoms with E-state index in [2.05, 4.69) is 10.2 Å². The Balaban J connectivity index is 1.42. The number of hydrogen-bond acceptors (Lipinski definition) is 5. The van der Waals surface area contributed by atoms with Crippen molar-refractivity contribution in [2.75, 3.05) is 45.2 Å². The first-order valence-corrected chi connectivity index (χ1v) is 11.2. The van der Waals surface area contributed by atoms with Gasteiger partial charge in [0.05, 0.1) is 30.4 Å². The van der Waals surface area contributed by atoms with Gasteiger partial charge in [-0.15, -0.1) is 0 Å². The van der Waals surface area contributed by atoms with Gasteiger partial charge in [0.25, 0.3) is 0 Å². The van der Waals surface area contributed by atoms with Crippen LogP contribution in [-0.2, 0) is 9.59 Å². The van der Waals surface area contributed by atoms with Crippen LogP contribution in [0.15, 0.2) is 48.5 Å². The summed E-state index contributed by atoms with van der Waals surface area (Å²) < 4.78 is 11.8. The molecule has 1 saturated heterocycles. The van der Waals surface area contributed by atoms with Gasteiger partial charge in [0.15, 0.2) is 11.5 Å². The van der Waals surface area contributed by atoms with E-state index in [1.165, 1.54) is 4.90 Å². The minimum Gasteiger partial charge on any atom is -0.490 e. The molecule has 0 radical (unpaired) electrons. The van der Waals surface area contributed by atoms with Crippen molar-refractivity contribution in [3.05, 3.63) is 53.6 Å². The molecule has 172 valence electrons. The van der Waals surface area contributed by atoms with Crippen molar-refractivity contribution in [2.45, 2.75) is 25.9 Å². The van der Waals surface area contributed by atoms with Crippen LogP contribution in [0.5, 0.6) is 11.5 Å². The maximum absolute atomic E-state index is 12.6. The van der Waals surface area contributed by atoms with E-state index in [0.717, 1.165) is 37.4 Å². The summed E-state index contributed by atoms with van der Waals surface area (Å²) in [6.07, 6.45) is 1.73. The first kappa shape index (κ1) is 23.9. The molecule has 1 N–H and O–H groups in total. The van der Waals surface area contributed by atoms with E-state index >= 15 is 0 Å². The Hall–Kier alpha value is -2.77. The van der Waals surface area contributed by atoms with Crippen LogP contribution in [0, 0.1) is 0 Å². The van der Waals surface area contributed by atoms with Crippen LogP contribution >= 0.6 is 11.6 Å². The lowest BCUT2D eigenvalue weighted by Crippen LogP contribution is -2.45. The smallest absolute Gasteiger partial charge is 0.244 e. The number of para-hydroxylation sites is 3. The molecule has 1 fully saturated rings. The van der Waals surface area contributed by atoms with Gasteiger partial charge in [0.1, 0.15) is 6.10 Å². The van der Waals surface area contributed by atoms with Crippen molar-refractivity contribution in [3.63, 3.8) is 0 Å². The molecule has 0 aliphatic carbocycles. The highest BCUT2D eigenvalue weighted by molar-refractivity contribution is 6.33. The van der Waals surface area contributed by atoms with Crippen LogP contribution in [0.2, 0.25) is 5.02 Å². The number of nitrogens with one attached hydrogen (secondary N) is 1. The van der Waals surface area contributed by atoms with E-state index in [0.29, 0.717) is 17.3 Å². The molecule has 0 unspecified atom stereocenters. The molecule has 3 rings (SSSR count). The number of carbonyl (C=O) groups is 2. The number of ether oxygens (including phenoxy) is 2. The standard InChI is InChI=1S/C24H30ClN3O4/c1-3-31-21-10-6-7-11-22(21)32-18-12-14-28(15-13-18)17-24(30)27(2)16-23(29)26-20-9-5-4-8-19(20)25/h4-11,18H,3,12-17H2,1-2H3,(H,26,29). The minimum atomic E-state index is -0.283. The average molecular weight is 460 g/mol. The van der Waals surface area contributed by atoms with Gasteiger partial charge < -0.3 is 19.7 Å². The summed E-state index contributed by atoms with van der Waals surface area (Å²) in [6.45, 7) is 4.30. The lowest BCUT2D eigenvalue weighted by molar-refractivity contribution is -0.134. The molecule has 32 heavy (non-hydrogen) atoms. The summed E-state index contributed by atoms with van der Waals surface area (Å²) in [5.74, 6) is 1.13. The number of benzene rings is 2. The quantitative estimate of drug-likeness (QED) is 0.619. The monoisotopic (exact) mass is 459 g/mol. The van der Waals surface area contributed by atoms with Gasteiger partial charge in [-0.05, 0) is 44.0 Å². The fraction of sp³-hybridized carbons (Fsp3) is 0.417. The topological polar surface area (TPSA) is 71.1 Å². The van der Waals surface area contributed by atoms with Gasteiger partial charge >= 0.3 is 0 Å². The minimum absolute atomic E-state index is 0.0299. The number of rotatable bonds is 9. The number of nitrogens with zero attached hydrogens (tertiary/aromatic N) is 2.